The zero-order valence-electron chi connectivity index (χ0n) is 23.3. The zero-order chi connectivity index (χ0) is 40.6. The van der Waals surface area contributed by atoms with Crippen molar-refractivity contribution in [2.24, 2.45) is 0 Å². The lowest BCUT2D eigenvalue weighted by Gasteiger charge is -2.42. The highest BCUT2D eigenvalue weighted by atomic mass is 31.2. The normalized spacial score (nSPS) is 15.8. The first-order chi connectivity index (χ1) is 22.3. The standard InChI is InChI=1S/C20H13F24NO4P2/c1-7(8-5-3-2-4-6-8)45(50(46-9(13(21,22)23)14(24,25)26)47-10(15(27,28)29)16(30,31)32)51(48-11(17(33,34)35)18(36,37)38)49-12(19(39,40)41)20(42,43)44/h2-7,9-12H,1H3/t7-/m0/s1. The fourth-order valence-corrected chi connectivity index (χ4v) is 7.01. The van der Waals surface area contributed by atoms with Crippen molar-refractivity contribution < 1.29 is 123 Å². The molecule has 31 heteroatoms. The number of benzene rings is 1. The van der Waals surface area contributed by atoms with Gasteiger partial charge in [-0.1, -0.05) is 30.3 Å². The second-order valence-corrected chi connectivity index (χ2v) is 12.1. The minimum absolute atomic E-state index is 0.0260. The molecule has 0 aliphatic rings. The summed E-state index contributed by atoms with van der Waals surface area (Å²) in [5.74, 6) is 0. The van der Waals surface area contributed by atoms with Gasteiger partial charge in [-0.15, -0.1) is 0 Å². The van der Waals surface area contributed by atoms with Crippen LogP contribution in [0.4, 0.5) is 105 Å². The van der Waals surface area contributed by atoms with Gasteiger partial charge in [-0.05, 0) is 12.5 Å². The summed E-state index contributed by atoms with van der Waals surface area (Å²) in [6.45, 7) is 0.0260. The fourth-order valence-electron chi connectivity index (χ4n) is 3.03. The van der Waals surface area contributed by atoms with Crippen LogP contribution >= 0.6 is 17.1 Å². The van der Waals surface area contributed by atoms with E-state index in [1.54, 1.807) is 0 Å². The summed E-state index contributed by atoms with van der Waals surface area (Å²) in [4.78, 5) is 0. The molecule has 0 radical (unpaired) electrons. The van der Waals surface area contributed by atoms with Crippen LogP contribution in [0.1, 0.15) is 18.5 Å². The zero-order valence-corrected chi connectivity index (χ0v) is 25.1. The average molecular weight is 849 g/mol. The number of alkyl halides is 24. The molecular formula is C20H13F24NO4P2. The SMILES string of the molecule is C[C@@H](c1ccccc1)N(P(OC(C(F)(F)F)C(F)(F)F)OC(C(F)(F)F)C(F)(F)F)P(OC(C(F)(F)F)C(F)(F)F)OC(C(F)(F)F)C(F)(F)F. The van der Waals surface area contributed by atoms with E-state index in [1.165, 1.54) is 0 Å². The maximum atomic E-state index is 13.4. The first-order valence-electron chi connectivity index (χ1n) is 12.0. The van der Waals surface area contributed by atoms with E-state index in [-0.39, 0.29) is 6.92 Å². The lowest BCUT2D eigenvalue weighted by atomic mass is 10.1. The van der Waals surface area contributed by atoms with Crippen LogP contribution in [0.2, 0.25) is 0 Å². The quantitative estimate of drug-likeness (QED) is 0.155. The molecular weight excluding hydrogens is 836 g/mol. The molecule has 0 bridgehead atoms. The molecule has 1 aromatic rings. The van der Waals surface area contributed by atoms with E-state index >= 15 is 0 Å². The molecule has 0 saturated heterocycles. The second kappa shape index (κ2) is 15.9. The molecule has 0 saturated carbocycles. The van der Waals surface area contributed by atoms with Crippen molar-refractivity contribution in [2.75, 3.05) is 0 Å². The van der Waals surface area contributed by atoms with Crippen molar-refractivity contribution in [3.05, 3.63) is 35.9 Å². The van der Waals surface area contributed by atoms with Crippen molar-refractivity contribution in [3.63, 3.8) is 0 Å². The molecule has 0 unspecified atom stereocenters. The number of hydrogen-bond acceptors (Lipinski definition) is 5. The first kappa shape index (κ1) is 47.2. The Morgan fingerprint density at radius 2 is 0.588 bits per heavy atom. The van der Waals surface area contributed by atoms with Gasteiger partial charge in [0, 0.05) is 6.04 Å². The Balaban J connectivity index is 4.48. The minimum Gasteiger partial charge on any atom is -0.299 e. The summed E-state index contributed by atoms with van der Waals surface area (Å²) in [7, 11) is -12.2. The van der Waals surface area contributed by atoms with Gasteiger partial charge in [0.25, 0.3) is 41.5 Å². The van der Waals surface area contributed by atoms with Crippen LogP contribution in [-0.2, 0) is 18.1 Å². The van der Waals surface area contributed by atoms with Gasteiger partial charge < -0.3 is 0 Å². The number of halogens is 24. The van der Waals surface area contributed by atoms with E-state index in [9.17, 15) is 105 Å². The lowest BCUT2D eigenvalue weighted by molar-refractivity contribution is -0.313. The third kappa shape index (κ3) is 13.8. The summed E-state index contributed by atoms with van der Waals surface area (Å²) >= 11 is 0. The van der Waals surface area contributed by atoms with E-state index in [0.717, 1.165) is 6.07 Å². The summed E-state index contributed by atoms with van der Waals surface area (Å²) in [6.07, 6.45) is -79.5. The van der Waals surface area contributed by atoms with Gasteiger partial charge in [-0.3, -0.25) is 18.1 Å². The van der Waals surface area contributed by atoms with E-state index in [4.69, 9.17) is 0 Å². The largest absolute Gasteiger partial charge is 0.424 e. The maximum Gasteiger partial charge on any atom is 0.424 e. The van der Waals surface area contributed by atoms with Crippen LogP contribution in [0, 0.1) is 0 Å². The smallest absolute Gasteiger partial charge is 0.299 e. The Bertz CT molecular complexity index is 1030. The Morgan fingerprint density at radius 1 is 0.392 bits per heavy atom. The first-order valence-corrected chi connectivity index (χ1v) is 14.2. The summed E-state index contributed by atoms with van der Waals surface area (Å²) in [5.41, 5.74) is -1.07. The maximum absolute atomic E-state index is 13.4. The Kier molecular flexibility index (Phi) is 14.7. The van der Waals surface area contributed by atoms with Gasteiger partial charge in [0.05, 0.1) is 0 Å². The second-order valence-electron chi connectivity index (χ2n) is 9.16. The number of nitrogens with zero attached hydrogens (tertiary/aromatic N) is 1. The van der Waals surface area contributed by atoms with Crippen molar-refractivity contribution in [1.29, 1.82) is 0 Å². The molecule has 0 aliphatic carbocycles. The number of hydrogen-bond donors (Lipinski definition) is 0. The Hall–Kier alpha value is -1.80. The summed E-state index contributed by atoms with van der Waals surface area (Å²) in [5, 5.41) is 0. The predicted octanol–water partition coefficient (Wildman–Crippen LogP) is 11.5. The van der Waals surface area contributed by atoms with Crippen LogP contribution in [0.15, 0.2) is 30.3 Å². The lowest BCUT2D eigenvalue weighted by Crippen LogP contribution is -2.49. The van der Waals surface area contributed by atoms with E-state index in [1.807, 2.05) is 0 Å². The van der Waals surface area contributed by atoms with Gasteiger partial charge >= 0.3 is 49.4 Å². The van der Waals surface area contributed by atoms with E-state index in [2.05, 4.69) is 18.1 Å². The third-order valence-corrected chi connectivity index (χ3v) is 8.93. The molecule has 300 valence electrons. The molecule has 0 N–H and O–H groups in total. The van der Waals surface area contributed by atoms with Crippen LogP contribution in [-0.4, -0.2) is 78.3 Å². The minimum atomic E-state index is -7.07. The summed E-state index contributed by atoms with van der Waals surface area (Å²) in [6, 6.07) is 0.0593. The van der Waals surface area contributed by atoms with Crippen LogP contribution in [0.3, 0.4) is 0 Å². The van der Waals surface area contributed by atoms with Gasteiger partial charge in [-0.25, -0.2) is 0 Å². The van der Waals surface area contributed by atoms with Crippen molar-refractivity contribution in [1.82, 2.24) is 4.44 Å². The molecule has 0 heterocycles. The molecule has 1 atom stereocenters. The topological polar surface area (TPSA) is 40.2 Å². The monoisotopic (exact) mass is 849 g/mol. The van der Waals surface area contributed by atoms with Gasteiger partial charge in [0.2, 0.25) is 0 Å². The molecule has 1 aromatic carbocycles. The van der Waals surface area contributed by atoms with Crippen molar-refractivity contribution in [2.45, 2.75) is 86.8 Å². The average Bonchev–Trinajstić information content (AvgIpc) is 2.85. The molecule has 5 nitrogen and oxygen atoms in total. The van der Waals surface area contributed by atoms with E-state index in [0.29, 0.717) is 24.3 Å². The van der Waals surface area contributed by atoms with Crippen LogP contribution < -0.4 is 0 Å². The van der Waals surface area contributed by atoms with Crippen molar-refractivity contribution in [3.8, 4) is 0 Å². The predicted molar refractivity (Wildman–Crippen MR) is 118 cm³/mol. The van der Waals surface area contributed by atoms with Crippen LogP contribution in [0.25, 0.3) is 0 Å². The van der Waals surface area contributed by atoms with Gasteiger partial charge in [0.1, 0.15) is 0 Å². The molecule has 1 rings (SSSR count). The molecule has 0 aliphatic heterocycles. The molecule has 0 spiro atoms. The van der Waals surface area contributed by atoms with Crippen molar-refractivity contribution >= 4 is 17.1 Å². The van der Waals surface area contributed by atoms with E-state index < -0.39 is 107 Å². The highest BCUT2D eigenvalue weighted by molar-refractivity contribution is 7.60. The molecule has 0 fully saturated rings. The van der Waals surface area contributed by atoms with Gasteiger partial charge in [0.15, 0.2) is 0 Å². The fraction of sp³-hybridized carbons (Fsp3) is 0.700. The Morgan fingerprint density at radius 3 is 0.765 bits per heavy atom. The van der Waals surface area contributed by atoms with Crippen LogP contribution in [0.5, 0.6) is 0 Å². The third-order valence-electron chi connectivity index (χ3n) is 5.12. The van der Waals surface area contributed by atoms with Gasteiger partial charge in [-0.2, -0.15) is 110 Å². The Labute approximate surface area is 268 Å². The molecule has 51 heavy (non-hydrogen) atoms. The summed E-state index contributed by atoms with van der Waals surface area (Å²) < 4.78 is 333. The molecule has 0 amide bonds. The highest BCUT2D eigenvalue weighted by Crippen LogP contribution is 2.69. The number of rotatable bonds is 12. The molecule has 0 aromatic heterocycles. The highest BCUT2D eigenvalue weighted by Gasteiger charge is 2.67.